The highest BCUT2D eigenvalue weighted by Crippen LogP contribution is 2.25. The smallest absolute Gasteiger partial charge is 0.316 e. The van der Waals surface area contributed by atoms with Crippen LogP contribution in [0.15, 0.2) is 24.3 Å². The molecule has 0 aromatic heterocycles. The lowest BCUT2D eigenvalue weighted by atomic mass is 9.95. The summed E-state index contributed by atoms with van der Waals surface area (Å²) < 4.78 is 4.93. The van der Waals surface area contributed by atoms with E-state index in [1.54, 1.807) is 19.1 Å². The van der Waals surface area contributed by atoms with Crippen molar-refractivity contribution in [1.29, 1.82) is 0 Å². The number of carbonyl (C=O) groups is 2. The third-order valence-corrected chi connectivity index (χ3v) is 2.83. The summed E-state index contributed by atoms with van der Waals surface area (Å²) in [6.45, 7) is 2.65. The van der Waals surface area contributed by atoms with Crippen LogP contribution in [-0.4, -0.2) is 24.9 Å². The maximum Gasteiger partial charge on any atom is 0.316 e. The van der Waals surface area contributed by atoms with Crippen molar-refractivity contribution in [2.45, 2.75) is 13.3 Å². The van der Waals surface area contributed by atoms with Gasteiger partial charge in [-0.05, 0) is 25.5 Å². The predicted octanol–water partition coefficient (Wildman–Crippen LogP) is 1.86. The summed E-state index contributed by atoms with van der Waals surface area (Å²) in [4.78, 5) is 23.9. The summed E-state index contributed by atoms with van der Waals surface area (Å²) in [6.07, 6.45) is 0.479. The number of esters is 1. The number of ketones is 1. The molecule has 0 fully saturated rings. The Bertz CT molecular complexity index is 442. The first-order chi connectivity index (χ1) is 8.24. The van der Waals surface area contributed by atoms with Crippen LogP contribution in [0.2, 0.25) is 0 Å². The first kappa shape index (κ1) is 11.6. The number of para-hydroxylation sites is 1. The molecule has 1 heterocycles. The third kappa shape index (κ3) is 2.30. The third-order valence-electron chi connectivity index (χ3n) is 2.83. The fourth-order valence-electron chi connectivity index (χ4n) is 1.99. The summed E-state index contributed by atoms with van der Waals surface area (Å²) in [5, 5.41) is 3.15. The average Bonchev–Trinajstić information content (AvgIpc) is 2.50. The van der Waals surface area contributed by atoms with Gasteiger partial charge in [0.1, 0.15) is 5.92 Å². The monoisotopic (exact) mass is 233 g/mol. The van der Waals surface area contributed by atoms with Gasteiger partial charge in [0.25, 0.3) is 0 Å². The van der Waals surface area contributed by atoms with E-state index in [4.69, 9.17) is 4.74 Å². The lowest BCUT2D eigenvalue weighted by molar-refractivity contribution is -0.146. The van der Waals surface area contributed by atoms with Gasteiger partial charge < -0.3 is 10.1 Å². The lowest BCUT2D eigenvalue weighted by Crippen LogP contribution is -2.26. The fraction of sp³-hybridized carbons (Fsp3) is 0.385. The molecule has 1 atom stereocenters. The van der Waals surface area contributed by atoms with E-state index in [1.165, 1.54) is 0 Å². The summed E-state index contributed by atoms with van der Waals surface area (Å²) in [7, 11) is 0. The summed E-state index contributed by atoms with van der Waals surface area (Å²) in [5.74, 6) is -1.24. The number of Topliss-reactive ketones (excluding diaryl/α,β-unsaturated/α-hetero) is 1. The summed E-state index contributed by atoms with van der Waals surface area (Å²) in [5.41, 5.74) is 1.37. The van der Waals surface area contributed by atoms with Gasteiger partial charge in [-0.2, -0.15) is 0 Å². The fourth-order valence-corrected chi connectivity index (χ4v) is 1.99. The van der Waals surface area contributed by atoms with Crippen molar-refractivity contribution in [2.75, 3.05) is 18.5 Å². The molecule has 4 heteroatoms. The van der Waals surface area contributed by atoms with Crippen molar-refractivity contribution in [3.8, 4) is 0 Å². The van der Waals surface area contributed by atoms with E-state index >= 15 is 0 Å². The van der Waals surface area contributed by atoms with Crippen molar-refractivity contribution in [3.63, 3.8) is 0 Å². The SMILES string of the molecule is CCOC(=O)C1CCNc2ccccc2C1=O. The molecular weight excluding hydrogens is 218 g/mol. The van der Waals surface area contributed by atoms with Gasteiger partial charge in [-0.25, -0.2) is 0 Å². The van der Waals surface area contributed by atoms with Crippen LogP contribution < -0.4 is 5.32 Å². The number of hydrogen-bond donors (Lipinski definition) is 1. The molecule has 1 aliphatic rings. The summed E-state index contributed by atoms with van der Waals surface area (Å²) in [6, 6.07) is 7.25. The van der Waals surface area contributed by atoms with Crippen LogP contribution in [0, 0.1) is 5.92 Å². The van der Waals surface area contributed by atoms with E-state index in [1.807, 2.05) is 12.1 Å². The number of fused-ring (bicyclic) bond motifs is 1. The van der Waals surface area contributed by atoms with Gasteiger partial charge in [0.05, 0.1) is 6.61 Å². The van der Waals surface area contributed by atoms with E-state index < -0.39 is 11.9 Å². The van der Waals surface area contributed by atoms with Crippen molar-refractivity contribution in [1.82, 2.24) is 0 Å². The molecular formula is C13H15NO3. The standard InChI is InChI=1S/C13H15NO3/c1-2-17-13(16)10-7-8-14-11-6-4-3-5-9(11)12(10)15/h3-6,10,14H,2,7-8H2,1H3. The Kier molecular flexibility index (Phi) is 3.42. The molecule has 0 bridgehead atoms. The minimum atomic E-state index is -0.675. The zero-order valence-corrected chi connectivity index (χ0v) is 9.73. The van der Waals surface area contributed by atoms with E-state index in [0.29, 0.717) is 25.1 Å². The minimum Gasteiger partial charge on any atom is -0.465 e. The predicted molar refractivity (Wildman–Crippen MR) is 64.0 cm³/mol. The Labute approximate surface area is 100.0 Å². The number of rotatable bonds is 2. The zero-order valence-electron chi connectivity index (χ0n) is 9.73. The Morgan fingerprint density at radius 1 is 1.47 bits per heavy atom. The van der Waals surface area contributed by atoms with Crippen LogP contribution in [0.25, 0.3) is 0 Å². The molecule has 0 amide bonds. The molecule has 0 radical (unpaired) electrons. The van der Waals surface area contributed by atoms with Gasteiger partial charge in [0.2, 0.25) is 0 Å². The highest BCUT2D eigenvalue weighted by atomic mass is 16.5. The van der Waals surface area contributed by atoms with E-state index in [2.05, 4.69) is 5.32 Å². The highest BCUT2D eigenvalue weighted by molar-refractivity contribution is 6.11. The zero-order chi connectivity index (χ0) is 12.3. The molecule has 1 aromatic carbocycles. The first-order valence-electron chi connectivity index (χ1n) is 5.77. The van der Waals surface area contributed by atoms with Crippen LogP contribution in [0.4, 0.5) is 5.69 Å². The maximum absolute atomic E-state index is 12.2. The highest BCUT2D eigenvalue weighted by Gasteiger charge is 2.31. The second-order valence-electron chi connectivity index (χ2n) is 3.93. The molecule has 17 heavy (non-hydrogen) atoms. The van der Waals surface area contributed by atoms with E-state index in [-0.39, 0.29) is 5.78 Å². The normalized spacial score (nSPS) is 18.9. The number of nitrogens with one attached hydrogen (secondary N) is 1. The van der Waals surface area contributed by atoms with Crippen LogP contribution in [-0.2, 0) is 9.53 Å². The Morgan fingerprint density at radius 2 is 2.24 bits per heavy atom. The van der Waals surface area contributed by atoms with Crippen molar-refractivity contribution < 1.29 is 14.3 Å². The number of carbonyl (C=O) groups excluding carboxylic acids is 2. The van der Waals surface area contributed by atoms with Crippen LogP contribution >= 0.6 is 0 Å². The molecule has 0 saturated heterocycles. The van der Waals surface area contributed by atoms with Crippen LogP contribution in [0.1, 0.15) is 23.7 Å². The molecule has 1 aliphatic heterocycles. The number of hydrogen-bond acceptors (Lipinski definition) is 4. The van der Waals surface area contributed by atoms with E-state index in [9.17, 15) is 9.59 Å². The number of benzene rings is 1. The number of anilines is 1. The Hall–Kier alpha value is -1.84. The minimum absolute atomic E-state index is 0.149. The van der Waals surface area contributed by atoms with Crippen LogP contribution in [0.5, 0.6) is 0 Å². The van der Waals surface area contributed by atoms with Gasteiger partial charge in [-0.15, -0.1) is 0 Å². The van der Waals surface area contributed by atoms with Crippen molar-refractivity contribution in [2.24, 2.45) is 5.92 Å². The van der Waals surface area contributed by atoms with E-state index in [0.717, 1.165) is 5.69 Å². The molecule has 4 nitrogen and oxygen atoms in total. The van der Waals surface area contributed by atoms with Gasteiger partial charge in [0, 0.05) is 17.8 Å². The summed E-state index contributed by atoms with van der Waals surface area (Å²) >= 11 is 0. The maximum atomic E-state index is 12.2. The Morgan fingerprint density at radius 3 is 3.00 bits per heavy atom. The molecule has 90 valence electrons. The molecule has 2 rings (SSSR count). The van der Waals surface area contributed by atoms with Crippen molar-refractivity contribution >= 4 is 17.4 Å². The number of ether oxygens (including phenoxy) is 1. The molecule has 0 saturated carbocycles. The largest absolute Gasteiger partial charge is 0.465 e. The molecule has 0 spiro atoms. The topological polar surface area (TPSA) is 55.4 Å². The second kappa shape index (κ2) is 4.99. The quantitative estimate of drug-likeness (QED) is 0.625. The van der Waals surface area contributed by atoms with Crippen LogP contribution in [0.3, 0.4) is 0 Å². The molecule has 1 N–H and O–H groups in total. The van der Waals surface area contributed by atoms with Gasteiger partial charge >= 0.3 is 5.97 Å². The molecule has 0 aliphatic carbocycles. The van der Waals surface area contributed by atoms with Gasteiger partial charge in [-0.1, -0.05) is 12.1 Å². The Balaban J connectivity index is 2.29. The first-order valence-corrected chi connectivity index (χ1v) is 5.77. The molecule has 1 unspecified atom stereocenters. The van der Waals surface area contributed by atoms with Gasteiger partial charge in [-0.3, -0.25) is 9.59 Å². The average molecular weight is 233 g/mol. The molecule has 1 aromatic rings. The van der Waals surface area contributed by atoms with Crippen molar-refractivity contribution in [3.05, 3.63) is 29.8 Å². The second-order valence-corrected chi connectivity index (χ2v) is 3.93. The van der Waals surface area contributed by atoms with Gasteiger partial charge in [0.15, 0.2) is 5.78 Å². The lowest BCUT2D eigenvalue weighted by Gasteiger charge is -2.11.